The second-order valence-electron chi connectivity index (χ2n) is 6.09. The molecule has 1 heterocycles. The number of aliphatic hydroxyl groups is 1. The van der Waals surface area contributed by atoms with Crippen LogP contribution >= 0.6 is 0 Å². The quantitative estimate of drug-likeness (QED) is 0.913. The highest BCUT2D eigenvalue weighted by Crippen LogP contribution is 2.23. The van der Waals surface area contributed by atoms with Crippen LogP contribution in [0.2, 0.25) is 0 Å². The number of aromatic nitrogens is 1. The van der Waals surface area contributed by atoms with Crippen molar-refractivity contribution in [2.24, 2.45) is 0 Å². The van der Waals surface area contributed by atoms with Crippen LogP contribution in [0, 0.1) is 0 Å². The lowest BCUT2D eigenvalue weighted by Gasteiger charge is -2.19. The molecular formula is C17H21NO3. The highest BCUT2D eigenvalue weighted by atomic mass is 16.6. The standard InChI is InChI=1S/C17H21NO3/c1-12(11-19)10-13-6-5-7-15-14(13)8-9-18(15)16(20)21-17(2,3)4/h5-10,19H,11H2,1-4H3/b12-10+. The van der Waals surface area contributed by atoms with Crippen LogP contribution in [0.1, 0.15) is 33.3 Å². The Balaban J connectivity index is 2.46. The summed E-state index contributed by atoms with van der Waals surface area (Å²) in [6.45, 7) is 7.41. The molecule has 0 bridgehead atoms. The predicted molar refractivity (Wildman–Crippen MR) is 84.3 cm³/mol. The van der Waals surface area contributed by atoms with Gasteiger partial charge in [-0.1, -0.05) is 18.2 Å². The van der Waals surface area contributed by atoms with Crippen molar-refractivity contribution in [1.82, 2.24) is 4.57 Å². The summed E-state index contributed by atoms with van der Waals surface area (Å²) in [7, 11) is 0. The average Bonchev–Trinajstić information content (AvgIpc) is 2.81. The molecule has 2 rings (SSSR count). The lowest BCUT2D eigenvalue weighted by Crippen LogP contribution is -2.26. The fraction of sp³-hybridized carbons (Fsp3) is 0.353. The molecular weight excluding hydrogens is 266 g/mol. The second kappa shape index (κ2) is 5.74. The van der Waals surface area contributed by atoms with Gasteiger partial charge in [0.2, 0.25) is 0 Å². The average molecular weight is 287 g/mol. The first kappa shape index (κ1) is 15.3. The second-order valence-corrected chi connectivity index (χ2v) is 6.09. The van der Waals surface area contributed by atoms with Crippen LogP contribution in [0.25, 0.3) is 17.0 Å². The van der Waals surface area contributed by atoms with E-state index in [4.69, 9.17) is 9.84 Å². The van der Waals surface area contributed by atoms with Crippen molar-refractivity contribution in [2.75, 3.05) is 6.61 Å². The largest absolute Gasteiger partial charge is 0.443 e. The molecule has 112 valence electrons. The van der Waals surface area contributed by atoms with Gasteiger partial charge in [-0.2, -0.15) is 0 Å². The molecule has 0 aliphatic carbocycles. The van der Waals surface area contributed by atoms with Crippen molar-refractivity contribution in [3.05, 3.63) is 41.6 Å². The summed E-state index contributed by atoms with van der Waals surface area (Å²) in [5, 5.41) is 10.1. The highest BCUT2D eigenvalue weighted by molar-refractivity contribution is 5.94. The normalized spacial score (nSPS) is 12.7. The van der Waals surface area contributed by atoms with E-state index in [-0.39, 0.29) is 6.61 Å². The maximum atomic E-state index is 12.2. The third-order valence-corrected chi connectivity index (χ3v) is 3.01. The summed E-state index contributed by atoms with van der Waals surface area (Å²) >= 11 is 0. The molecule has 4 nitrogen and oxygen atoms in total. The number of hydrogen-bond acceptors (Lipinski definition) is 3. The van der Waals surface area contributed by atoms with Crippen LogP contribution in [0.4, 0.5) is 4.79 Å². The number of carbonyl (C=O) groups excluding carboxylic acids is 1. The predicted octanol–water partition coefficient (Wildman–Crippen LogP) is 3.82. The van der Waals surface area contributed by atoms with Gasteiger partial charge in [0.25, 0.3) is 0 Å². The minimum atomic E-state index is -0.529. The van der Waals surface area contributed by atoms with Crippen molar-refractivity contribution >= 4 is 23.1 Å². The molecule has 0 saturated carbocycles. The van der Waals surface area contributed by atoms with Gasteiger partial charge in [-0.15, -0.1) is 0 Å². The van der Waals surface area contributed by atoms with Crippen LogP contribution in [-0.4, -0.2) is 28.0 Å². The third-order valence-electron chi connectivity index (χ3n) is 3.01. The van der Waals surface area contributed by atoms with Crippen molar-refractivity contribution in [1.29, 1.82) is 0 Å². The number of carbonyl (C=O) groups is 1. The van der Waals surface area contributed by atoms with Gasteiger partial charge in [0.05, 0.1) is 12.1 Å². The molecule has 0 radical (unpaired) electrons. The first-order chi connectivity index (χ1) is 9.81. The third kappa shape index (κ3) is 3.52. The van der Waals surface area contributed by atoms with Crippen LogP contribution < -0.4 is 0 Å². The fourth-order valence-corrected chi connectivity index (χ4v) is 2.10. The molecule has 1 aromatic carbocycles. The zero-order valence-electron chi connectivity index (χ0n) is 12.9. The topological polar surface area (TPSA) is 51.5 Å². The monoisotopic (exact) mass is 287 g/mol. The van der Waals surface area contributed by atoms with Gasteiger partial charge >= 0.3 is 6.09 Å². The summed E-state index contributed by atoms with van der Waals surface area (Å²) < 4.78 is 6.91. The first-order valence-electron chi connectivity index (χ1n) is 6.93. The van der Waals surface area contributed by atoms with Crippen LogP contribution in [0.15, 0.2) is 36.0 Å². The molecule has 0 unspecified atom stereocenters. The minimum Gasteiger partial charge on any atom is -0.443 e. The maximum Gasteiger partial charge on any atom is 0.418 e. The van der Waals surface area contributed by atoms with E-state index in [1.807, 2.05) is 58.0 Å². The number of rotatable bonds is 2. The Morgan fingerprint density at radius 3 is 2.67 bits per heavy atom. The highest BCUT2D eigenvalue weighted by Gasteiger charge is 2.19. The Morgan fingerprint density at radius 2 is 2.05 bits per heavy atom. The molecule has 1 aromatic heterocycles. The smallest absolute Gasteiger partial charge is 0.418 e. The van der Waals surface area contributed by atoms with E-state index in [9.17, 15) is 4.79 Å². The van der Waals surface area contributed by atoms with Gasteiger partial charge in [-0.25, -0.2) is 4.79 Å². The minimum absolute atomic E-state index is 0.0170. The Bertz CT molecular complexity index is 690. The molecule has 0 saturated heterocycles. The van der Waals surface area contributed by atoms with E-state index < -0.39 is 11.7 Å². The molecule has 2 aromatic rings. The molecule has 0 amide bonds. The van der Waals surface area contributed by atoms with Crippen LogP contribution in [0.5, 0.6) is 0 Å². The van der Waals surface area contributed by atoms with Gasteiger partial charge in [0.1, 0.15) is 5.60 Å². The van der Waals surface area contributed by atoms with Gasteiger partial charge in [0, 0.05) is 11.6 Å². The number of fused-ring (bicyclic) bond motifs is 1. The molecule has 0 spiro atoms. The molecule has 0 aliphatic rings. The van der Waals surface area contributed by atoms with Gasteiger partial charge in [0.15, 0.2) is 0 Å². The molecule has 0 aliphatic heterocycles. The lowest BCUT2D eigenvalue weighted by molar-refractivity contribution is 0.0544. The SMILES string of the molecule is C/C(=C\c1cccc2c1ccn2C(=O)OC(C)(C)C)CO. The number of aliphatic hydroxyl groups excluding tert-OH is 1. The van der Waals surface area contributed by atoms with Crippen molar-refractivity contribution < 1.29 is 14.6 Å². The van der Waals surface area contributed by atoms with Crippen molar-refractivity contribution in [2.45, 2.75) is 33.3 Å². The molecule has 0 fully saturated rings. The van der Waals surface area contributed by atoms with E-state index in [0.717, 1.165) is 22.0 Å². The van der Waals surface area contributed by atoms with Gasteiger partial charge < -0.3 is 9.84 Å². The fourth-order valence-electron chi connectivity index (χ4n) is 2.10. The zero-order valence-corrected chi connectivity index (χ0v) is 12.9. The summed E-state index contributed by atoms with van der Waals surface area (Å²) in [6.07, 6.45) is 3.24. The first-order valence-corrected chi connectivity index (χ1v) is 6.93. The van der Waals surface area contributed by atoms with Crippen LogP contribution in [-0.2, 0) is 4.74 Å². The number of hydrogen-bond donors (Lipinski definition) is 1. The maximum absolute atomic E-state index is 12.2. The summed E-state index contributed by atoms with van der Waals surface area (Å²) in [6, 6.07) is 7.61. The number of ether oxygens (including phenoxy) is 1. The van der Waals surface area contributed by atoms with Crippen LogP contribution in [0.3, 0.4) is 0 Å². The van der Waals surface area contributed by atoms with E-state index in [2.05, 4.69) is 0 Å². The van der Waals surface area contributed by atoms with Crippen molar-refractivity contribution in [3.63, 3.8) is 0 Å². The Hall–Kier alpha value is -2.07. The van der Waals surface area contributed by atoms with Crippen molar-refractivity contribution in [3.8, 4) is 0 Å². The van der Waals surface area contributed by atoms with Gasteiger partial charge in [-0.3, -0.25) is 4.57 Å². The zero-order chi connectivity index (χ0) is 15.6. The molecule has 1 N–H and O–H groups in total. The van der Waals surface area contributed by atoms with E-state index in [1.54, 1.807) is 6.20 Å². The van der Waals surface area contributed by atoms with E-state index >= 15 is 0 Å². The van der Waals surface area contributed by atoms with E-state index in [0.29, 0.717) is 0 Å². The summed E-state index contributed by atoms with van der Waals surface area (Å²) in [5.41, 5.74) is 2.11. The van der Waals surface area contributed by atoms with Gasteiger partial charge in [-0.05, 0) is 51.0 Å². The molecule has 0 atom stereocenters. The molecule has 4 heteroatoms. The molecule has 21 heavy (non-hydrogen) atoms. The number of benzene rings is 1. The Kier molecular flexibility index (Phi) is 4.19. The summed E-state index contributed by atoms with van der Waals surface area (Å²) in [5.74, 6) is 0. The summed E-state index contributed by atoms with van der Waals surface area (Å²) in [4.78, 5) is 12.2. The Labute approximate surface area is 124 Å². The lowest BCUT2D eigenvalue weighted by atomic mass is 10.1. The number of nitrogens with zero attached hydrogens (tertiary/aromatic N) is 1. The Morgan fingerprint density at radius 1 is 1.33 bits per heavy atom. The van der Waals surface area contributed by atoms with E-state index in [1.165, 1.54) is 4.57 Å².